The minimum Gasteiger partial charge on any atom is -0.480 e. The van der Waals surface area contributed by atoms with E-state index < -0.39 is 38.8 Å². The summed E-state index contributed by atoms with van der Waals surface area (Å²) in [5.41, 5.74) is -2.95. The third-order valence-electron chi connectivity index (χ3n) is 4.91. The zero-order chi connectivity index (χ0) is 19.4. The number of hydrogen-bond acceptors (Lipinski definition) is 6. The zero-order valence-corrected chi connectivity index (χ0v) is 15.5. The molecule has 0 aromatic rings. The molecule has 0 atom stereocenters. The lowest BCUT2D eigenvalue weighted by atomic mass is 9.85. The lowest BCUT2D eigenvalue weighted by Gasteiger charge is -2.41. The predicted octanol–water partition coefficient (Wildman–Crippen LogP) is -0.997. The molecule has 148 valence electrons. The average molecular weight is 391 g/mol. The molecule has 0 unspecified atom stereocenters. The van der Waals surface area contributed by atoms with Gasteiger partial charge in [-0.25, -0.2) is 18.0 Å². The Balaban J connectivity index is 2.21. The SMILES string of the molecule is CCNC(=O)NC1(C(=O)NC2(C(=O)O)CCS(=O)(=O)CC2)CCOCC1. The number of amides is 3. The molecule has 0 bridgehead atoms. The fourth-order valence-corrected chi connectivity index (χ4v) is 4.69. The highest BCUT2D eigenvalue weighted by Crippen LogP contribution is 2.28. The Morgan fingerprint density at radius 2 is 1.58 bits per heavy atom. The van der Waals surface area contributed by atoms with E-state index in [-0.39, 0.29) is 50.4 Å². The minimum atomic E-state index is -3.30. The quantitative estimate of drug-likeness (QED) is 0.469. The first-order valence-corrected chi connectivity index (χ1v) is 10.4. The van der Waals surface area contributed by atoms with Crippen LogP contribution in [-0.2, 0) is 24.2 Å². The molecule has 2 rings (SSSR count). The van der Waals surface area contributed by atoms with Crippen LogP contribution in [0.4, 0.5) is 4.79 Å². The van der Waals surface area contributed by atoms with E-state index in [9.17, 15) is 27.9 Å². The summed E-state index contributed by atoms with van der Waals surface area (Å²) in [5.74, 6) is -2.52. The predicted molar refractivity (Wildman–Crippen MR) is 91.4 cm³/mol. The maximum absolute atomic E-state index is 13.0. The number of carboxylic acid groups (broad SMARTS) is 1. The molecule has 10 nitrogen and oxygen atoms in total. The lowest BCUT2D eigenvalue weighted by molar-refractivity contribution is -0.150. The number of rotatable bonds is 5. The maximum Gasteiger partial charge on any atom is 0.329 e. The largest absolute Gasteiger partial charge is 0.480 e. The monoisotopic (exact) mass is 391 g/mol. The van der Waals surface area contributed by atoms with Crippen LogP contribution in [0, 0.1) is 0 Å². The van der Waals surface area contributed by atoms with Gasteiger partial charge in [-0.05, 0) is 19.8 Å². The normalized spacial score (nSPS) is 23.4. The summed E-state index contributed by atoms with van der Waals surface area (Å²) in [5, 5.41) is 17.3. The van der Waals surface area contributed by atoms with Crippen molar-refractivity contribution < 1.29 is 32.6 Å². The van der Waals surface area contributed by atoms with E-state index in [0.29, 0.717) is 6.54 Å². The van der Waals surface area contributed by atoms with Crippen LogP contribution in [0.15, 0.2) is 0 Å². The Labute approximate surface area is 152 Å². The van der Waals surface area contributed by atoms with E-state index in [1.807, 2.05) is 0 Å². The van der Waals surface area contributed by atoms with Gasteiger partial charge < -0.3 is 25.8 Å². The molecule has 3 amide bonds. The zero-order valence-electron chi connectivity index (χ0n) is 14.7. The molecule has 0 spiro atoms. The molecule has 0 radical (unpaired) electrons. The standard InChI is InChI=1S/C15H25N3O7S/c1-2-16-13(22)18-14(3-7-25-8-4-14)11(19)17-15(12(20)21)5-9-26(23,24)10-6-15/h2-10H2,1H3,(H,17,19)(H,20,21)(H2,16,18,22). The molecule has 0 aliphatic carbocycles. The first-order chi connectivity index (χ1) is 12.1. The maximum atomic E-state index is 13.0. The van der Waals surface area contributed by atoms with E-state index in [0.717, 1.165) is 0 Å². The van der Waals surface area contributed by atoms with Crippen molar-refractivity contribution in [1.82, 2.24) is 16.0 Å². The van der Waals surface area contributed by atoms with E-state index in [4.69, 9.17) is 4.74 Å². The van der Waals surface area contributed by atoms with E-state index in [1.54, 1.807) is 6.92 Å². The van der Waals surface area contributed by atoms with Crippen LogP contribution in [0.25, 0.3) is 0 Å². The van der Waals surface area contributed by atoms with Gasteiger partial charge in [0, 0.05) is 32.6 Å². The van der Waals surface area contributed by atoms with Crippen molar-refractivity contribution in [1.29, 1.82) is 0 Å². The fraction of sp³-hybridized carbons (Fsp3) is 0.800. The molecule has 2 saturated heterocycles. The molecule has 2 aliphatic heterocycles. The smallest absolute Gasteiger partial charge is 0.329 e. The highest BCUT2D eigenvalue weighted by atomic mass is 32.2. The summed E-state index contributed by atoms with van der Waals surface area (Å²) < 4.78 is 28.5. The summed E-state index contributed by atoms with van der Waals surface area (Å²) in [6.45, 7) is 2.59. The van der Waals surface area contributed by atoms with Gasteiger partial charge in [0.05, 0.1) is 11.5 Å². The molecule has 2 heterocycles. The highest BCUT2D eigenvalue weighted by Gasteiger charge is 2.49. The molecule has 4 N–H and O–H groups in total. The number of nitrogens with one attached hydrogen (secondary N) is 3. The fourth-order valence-electron chi connectivity index (χ4n) is 3.17. The highest BCUT2D eigenvalue weighted by molar-refractivity contribution is 7.91. The molecule has 26 heavy (non-hydrogen) atoms. The molecule has 2 aliphatic rings. The van der Waals surface area contributed by atoms with Gasteiger partial charge in [-0.1, -0.05) is 0 Å². The lowest BCUT2D eigenvalue weighted by Crippen LogP contribution is -2.68. The number of aliphatic carboxylic acids is 1. The van der Waals surface area contributed by atoms with Gasteiger partial charge in [-0.2, -0.15) is 0 Å². The van der Waals surface area contributed by atoms with Gasteiger partial charge in [-0.15, -0.1) is 0 Å². The summed E-state index contributed by atoms with van der Waals surface area (Å²) in [6.07, 6.45) is -0.0117. The molecule has 11 heteroatoms. The van der Waals surface area contributed by atoms with E-state index in [2.05, 4.69) is 16.0 Å². The van der Waals surface area contributed by atoms with Crippen LogP contribution < -0.4 is 16.0 Å². The second kappa shape index (κ2) is 7.78. The molecule has 0 aromatic carbocycles. The van der Waals surface area contributed by atoms with Gasteiger partial charge in [-0.3, -0.25) is 4.79 Å². The second-order valence-electron chi connectivity index (χ2n) is 6.67. The number of hydrogen-bond donors (Lipinski definition) is 4. The van der Waals surface area contributed by atoms with Crippen LogP contribution in [0.1, 0.15) is 32.6 Å². The van der Waals surface area contributed by atoms with Crippen LogP contribution in [0.5, 0.6) is 0 Å². The van der Waals surface area contributed by atoms with Gasteiger partial charge >= 0.3 is 12.0 Å². The third-order valence-corrected chi connectivity index (χ3v) is 6.57. The number of urea groups is 1. The summed E-state index contributed by atoms with van der Waals surface area (Å²) >= 11 is 0. The first kappa shape index (κ1) is 20.4. The van der Waals surface area contributed by atoms with Crippen molar-refractivity contribution in [2.24, 2.45) is 0 Å². The topological polar surface area (TPSA) is 151 Å². The number of carboxylic acids is 1. The Hall–Kier alpha value is -1.88. The second-order valence-corrected chi connectivity index (χ2v) is 8.98. The summed E-state index contributed by atoms with van der Waals surface area (Å²) in [4.78, 5) is 36.8. The molecule has 2 fully saturated rings. The summed E-state index contributed by atoms with van der Waals surface area (Å²) in [7, 11) is -3.30. The number of sulfone groups is 1. The van der Waals surface area contributed by atoms with Crippen molar-refractivity contribution in [3.05, 3.63) is 0 Å². The molecular weight excluding hydrogens is 366 g/mol. The Kier molecular flexibility index (Phi) is 6.12. The van der Waals surface area contributed by atoms with Crippen molar-refractivity contribution in [2.75, 3.05) is 31.3 Å². The van der Waals surface area contributed by atoms with E-state index >= 15 is 0 Å². The van der Waals surface area contributed by atoms with Crippen LogP contribution in [0.2, 0.25) is 0 Å². The van der Waals surface area contributed by atoms with Crippen LogP contribution in [0.3, 0.4) is 0 Å². The van der Waals surface area contributed by atoms with Gasteiger partial charge in [0.1, 0.15) is 11.1 Å². The van der Waals surface area contributed by atoms with Crippen LogP contribution >= 0.6 is 0 Å². The number of carbonyl (C=O) groups excluding carboxylic acids is 2. The van der Waals surface area contributed by atoms with Gasteiger partial charge in [0.15, 0.2) is 9.84 Å². The Bertz CT molecular complexity index is 657. The van der Waals surface area contributed by atoms with Crippen molar-refractivity contribution in [3.8, 4) is 0 Å². The van der Waals surface area contributed by atoms with Crippen molar-refractivity contribution >= 4 is 27.7 Å². The average Bonchev–Trinajstić information content (AvgIpc) is 2.57. The number of carbonyl (C=O) groups is 3. The minimum absolute atomic E-state index is 0.198. The van der Waals surface area contributed by atoms with E-state index in [1.165, 1.54) is 0 Å². The van der Waals surface area contributed by atoms with Crippen LogP contribution in [-0.4, -0.2) is 73.8 Å². The van der Waals surface area contributed by atoms with Gasteiger partial charge in [0.2, 0.25) is 5.91 Å². The molecule has 0 saturated carbocycles. The van der Waals surface area contributed by atoms with Crippen molar-refractivity contribution in [3.63, 3.8) is 0 Å². The Morgan fingerprint density at radius 3 is 2.08 bits per heavy atom. The molecular formula is C15H25N3O7S. The van der Waals surface area contributed by atoms with Gasteiger partial charge in [0.25, 0.3) is 0 Å². The third kappa shape index (κ3) is 4.44. The van der Waals surface area contributed by atoms with Crippen molar-refractivity contribution in [2.45, 2.75) is 43.7 Å². The number of ether oxygens (including phenoxy) is 1. The Morgan fingerprint density at radius 1 is 1.00 bits per heavy atom. The summed E-state index contributed by atoms with van der Waals surface area (Å²) in [6, 6.07) is -0.528. The first-order valence-electron chi connectivity index (χ1n) is 8.55. The molecule has 0 aromatic heterocycles.